The van der Waals surface area contributed by atoms with Crippen LogP contribution in [0.25, 0.3) is 43.6 Å². The van der Waals surface area contributed by atoms with E-state index in [9.17, 15) is 14.4 Å². The van der Waals surface area contributed by atoms with E-state index in [-0.39, 0.29) is 42.4 Å². The zero-order valence-corrected chi connectivity index (χ0v) is 35.2. The predicted molar refractivity (Wildman–Crippen MR) is 226 cm³/mol. The molecule has 6 rings (SSSR count). The van der Waals surface area contributed by atoms with Crippen molar-refractivity contribution in [3.05, 3.63) is 90.0 Å². The lowest BCUT2D eigenvalue weighted by Crippen LogP contribution is -2.31. The third kappa shape index (κ3) is 10.4. The van der Waals surface area contributed by atoms with Crippen LogP contribution in [0.15, 0.2) is 72.8 Å². The van der Waals surface area contributed by atoms with Crippen LogP contribution in [0.1, 0.15) is 66.4 Å². The molecule has 0 aliphatic carbocycles. The first-order valence-corrected chi connectivity index (χ1v) is 20.0. The van der Waals surface area contributed by atoms with Gasteiger partial charge in [0.15, 0.2) is 5.75 Å². The third-order valence-electron chi connectivity index (χ3n) is 9.63. The summed E-state index contributed by atoms with van der Waals surface area (Å²) in [5, 5.41) is 1.69. The Labute approximate surface area is 343 Å². The normalized spacial score (nSPS) is 12.3. The number of ether oxygens (including phenoxy) is 4. The average Bonchev–Trinajstić information content (AvgIpc) is 3.65. The molecule has 0 saturated carbocycles. The Morgan fingerprint density at radius 2 is 1.17 bits per heavy atom. The van der Waals surface area contributed by atoms with Crippen molar-refractivity contribution in [2.24, 2.45) is 0 Å². The number of carbonyl (C=O) groups excluding carboxylic acids is 3. The van der Waals surface area contributed by atoms with Crippen molar-refractivity contribution < 1.29 is 42.1 Å². The number of rotatable bonds is 14. The third-order valence-corrected chi connectivity index (χ3v) is 9.63. The van der Waals surface area contributed by atoms with Crippen molar-refractivity contribution in [1.29, 1.82) is 0 Å². The van der Waals surface area contributed by atoms with Gasteiger partial charge in [-0.3, -0.25) is 4.79 Å². The van der Waals surface area contributed by atoms with Crippen molar-refractivity contribution in [2.75, 3.05) is 46.9 Å². The zero-order valence-electron chi connectivity index (χ0n) is 35.2. The van der Waals surface area contributed by atoms with Crippen LogP contribution in [0, 0.1) is 11.6 Å². The van der Waals surface area contributed by atoms with Crippen LogP contribution >= 0.6 is 0 Å². The van der Waals surface area contributed by atoms with E-state index in [1.165, 1.54) is 45.5 Å². The van der Waals surface area contributed by atoms with Crippen molar-refractivity contribution in [3.8, 4) is 5.75 Å². The van der Waals surface area contributed by atoms with Gasteiger partial charge in [0.25, 0.3) is 0 Å². The van der Waals surface area contributed by atoms with Gasteiger partial charge in [0.2, 0.25) is 0 Å². The molecule has 2 aromatic heterocycles. The van der Waals surface area contributed by atoms with Crippen LogP contribution in [0.2, 0.25) is 0 Å². The summed E-state index contributed by atoms with van der Waals surface area (Å²) in [6.07, 6.45) is 0.0956. The number of aromatic nitrogens is 2. The van der Waals surface area contributed by atoms with Crippen LogP contribution < -0.4 is 4.74 Å². The maximum atomic E-state index is 15.0. The first-order chi connectivity index (χ1) is 27.9. The van der Waals surface area contributed by atoms with Crippen LogP contribution in [0.4, 0.5) is 18.4 Å². The molecule has 314 valence electrons. The van der Waals surface area contributed by atoms with Crippen LogP contribution in [0.5, 0.6) is 5.75 Å². The summed E-state index contributed by atoms with van der Waals surface area (Å²) in [5.74, 6) is -1.20. The molecule has 13 heteroatoms. The van der Waals surface area contributed by atoms with Crippen molar-refractivity contribution in [3.63, 3.8) is 0 Å². The average molecular weight is 813 g/mol. The fourth-order valence-corrected chi connectivity index (χ4v) is 7.17. The number of fused-ring (bicyclic) bond motifs is 6. The van der Waals surface area contributed by atoms with E-state index in [2.05, 4.69) is 9.80 Å². The summed E-state index contributed by atoms with van der Waals surface area (Å²) < 4.78 is 56.8. The van der Waals surface area contributed by atoms with Gasteiger partial charge in [0, 0.05) is 34.6 Å². The maximum absolute atomic E-state index is 15.0. The summed E-state index contributed by atoms with van der Waals surface area (Å²) in [6, 6.07) is 19.4. The van der Waals surface area contributed by atoms with Gasteiger partial charge in [-0.1, -0.05) is 30.3 Å². The van der Waals surface area contributed by atoms with E-state index < -0.39 is 35.0 Å². The summed E-state index contributed by atoms with van der Waals surface area (Å²) in [5.41, 5.74) is 0.360. The van der Waals surface area contributed by atoms with E-state index >= 15 is 8.78 Å². The molecule has 0 bridgehead atoms. The van der Waals surface area contributed by atoms with E-state index in [0.29, 0.717) is 52.1 Å². The minimum Gasteiger partial charge on any atom is -0.489 e. The molecule has 0 saturated heterocycles. The summed E-state index contributed by atoms with van der Waals surface area (Å²) >= 11 is 0. The molecule has 4 aromatic carbocycles. The molecule has 0 N–H and O–H groups in total. The molecular formula is C46H54F2N4O7. The summed E-state index contributed by atoms with van der Waals surface area (Å²) in [7, 11) is 4.02. The molecule has 6 aromatic rings. The number of benzene rings is 4. The molecule has 0 fully saturated rings. The van der Waals surface area contributed by atoms with Gasteiger partial charge in [-0.15, -0.1) is 0 Å². The van der Waals surface area contributed by atoms with E-state index in [4.69, 9.17) is 18.9 Å². The molecule has 0 aliphatic rings. The van der Waals surface area contributed by atoms with Crippen molar-refractivity contribution in [2.45, 2.75) is 78.6 Å². The Morgan fingerprint density at radius 3 is 1.68 bits per heavy atom. The molecule has 2 heterocycles. The molecule has 0 amide bonds. The van der Waals surface area contributed by atoms with E-state index in [1.54, 1.807) is 47.6 Å². The van der Waals surface area contributed by atoms with Gasteiger partial charge < -0.3 is 28.7 Å². The van der Waals surface area contributed by atoms with Crippen LogP contribution in [0.3, 0.4) is 0 Å². The lowest BCUT2D eigenvalue weighted by molar-refractivity contribution is -0.145. The summed E-state index contributed by atoms with van der Waals surface area (Å²) in [6.45, 7) is 13.4. The SMILES string of the molecule is CN(C)CCCN(CCCOc1c2c(cc3c4cc(F)ccc4n(C(=O)OC(C)(C)C)c13)c1cc(F)ccc1n2C(=O)OC(C)(C)C)CCC(=O)OCc1ccccc1. The number of nitrogens with zero attached hydrogens (tertiary/aromatic N) is 4. The lowest BCUT2D eigenvalue weighted by Gasteiger charge is -2.23. The molecule has 0 unspecified atom stereocenters. The second-order valence-electron chi connectivity index (χ2n) is 17.0. The largest absolute Gasteiger partial charge is 0.489 e. The van der Waals surface area contributed by atoms with Gasteiger partial charge in [-0.05, 0) is 130 Å². The first-order valence-electron chi connectivity index (χ1n) is 20.0. The fraction of sp³-hybridized carbons (Fsp3) is 0.413. The lowest BCUT2D eigenvalue weighted by atomic mass is 10.1. The number of halogens is 2. The van der Waals surface area contributed by atoms with Gasteiger partial charge in [-0.2, -0.15) is 0 Å². The topological polar surface area (TPSA) is 104 Å². The van der Waals surface area contributed by atoms with E-state index in [1.807, 2.05) is 44.4 Å². The maximum Gasteiger partial charge on any atom is 0.419 e. The Morgan fingerprint density at radius 1 is 0.644 bits per heavy atom. The van der Waals surface area contributed by atoms with E-state index in [0.717, 1.165) is 25.1 Å². The first kappa shape index (κ1) is 43.1. The smallest absolute Gasteiger partial charge is 0.419 e. The Kier molecular flexibility index (Phi) is 13.0. The number of carbonyl (C=O) groups is 3. The van der Waals surface area contributed by atoms with Crippen LogP contribution in [-0.4, -0.2) is 95.2 Å². The predicted octanol–water partition coefficient (Wildman–Crippen LogP) is 9.90. The summed E-state index contributed by atoms with van der Waals surface area (Å²) in [4.78, 5) is 45.4. The van der Waals surface area contributed by atoms with Gasteiger partial charge in [-0.25, -0.2) is 27.5 Å². The molecule has 0 radical (unpaired) electrons. The number of hydrogen-bond acceptors (Lipinski definition) is 9. The quantitative estimate of drug-likeness (QED) is 0.0604. The molecule has 0 atom stereocenters. The highest BCUT2D eigenvalue weighted by Crippen LogP contribution is 2.45. The molecule has 0 aliphatic heterocycles. The highest BCUT2D eigenvalue weighted by atomic mass is 19.1. The number of hydrogen-bond donors (Lipinski definition) is 0. The Hall–Kier alpha value is -5.53. The second kappa shape index (κ2) is 17.8. The van der Waals surface area contributed by atoms with Crippen molar-refractivity contribution >= 4 is 61.8 Å². The Bertz CT molecular complexity index is 2350. The standard InChI is InChI=1S/C46H54F2N4O7/c1-45(2,3)58-43(54)51-37-18-16-31(47)26-33(37)35-28-36-34-27-32(48)17-19-38(34)52(44(55)59-46(4,5)6)41(36)42(40(35)51)56-25-13-23-50(22-12-21-49(7)8)24-20-39(53)57-29-30-14-10-9-11-15-30/h9-11,14-19,26-28H,12-13,20-25,29H2,1-8H3. The Balaban J connectivity index is 1.42. The van der Waals surface area contributed by atoms with Gasteiger partial charge in [0.05, 0.1) is 24.1 Å². The fourth-order valence-electron chi connectivity index (χ4n) is 7.17. The second-order valence-corrected chi connectivity index (χ2v) is 17.0. The van der Waals surface area contributed by atoms with Gasteiger partial charge >= 0.3 is 18.2 Å². The number of esters is 1. The monoisotopic (exact) mass is 812 g/mol. The molecule has 59 heavy (non-hydrogen) atoms. The minimum absolute atomic E-state index is 0.116. The molecule has 11 nitrogen and oxygen atoms in total. The van der Waals surface area contributed by atoms with Gasteiger partial charge in [0.1, 0.15) is 40.5 Å². The minimum atomic E-state index is -0.891. The molecular weight excluding hydrogens is 759 g/mol. The van der Waals surface area contributed by atoms with Crippen LogP contribution in [-0.2, 0) is 25.6 Å². The highest BCUT2D eigenvalue weighted by Gasteiger charge is 2.31. The zero-order chi connectivity index (χ0) is 42.6. The molecule has 0 spiro atoms. The van der Waals surface area contributed by atoms with Crippen molar-refractivity contribution in [1.82, 2.24) is 18.9 Å². The highest BCUT2D eigenvalue weighted by molar-refractivity contribution is 6.24.